The van der Waals surface area contributed by atoms with Gasteiger partial charge in [-0.15, -0.1) is 0 Å². The molecule has 0 aromatic rings. The third-order valence-electron chi connectivity index (χ3n) is 1.40. The summed E-state index contributed by atoms with van der Waals surface area (Å²) in [5.41, 5.74) is 5.15. The zero-order valence-corrected chi connectivity index (χ0v) is 7.10. The van der Waals surface area contributed by atoms with Crippen LogP contribution in [0.15, 0.2) is 5.16 Å². The summed E-state index contributed by atoms with van der Waals surface area (Å²) in [5.74, 6) is -0.512. The molecule has 0 aromatic heterocycles. The SMILES string of the molecule is CC(CNCC(F)(F)F)C(N)=NO. The molecule has 4 N–H and O–H groups in total. The van der Waals surface area contributed by atoms with Gasteiger partial charge in [0.25, 0.3) is 0 Å². The lowest BCUT2D eigenvalue weighted by Gasteiger charge is -2.12. The lowest BCUT2D eigenvalue weighted by Crippen LogP contribution is -2.36. The molecular weight excluding hydrogens is 187 g/mol. The third kappa shape index (κ3) is 6.21. The molecular formula is C6H12F3N3O. The van der Waals surface area contributed by atoms with Crippen molar-refractivity contribution in [3.05, 3.63) is 0 Å². The quantitative estimate of drug-likeness (QED) is 0.267. The molecule has 0 aliphatic rings. The highest BCUT2D eigenvalue weighted by Crippen LogP contribution is 2.12. The van der Waals surface area contributed by atoms with Crippen LogP contribution in [0.3, 0.4) is 0 Å². The van der Waals surface area contributed by atoms with Crippen molar-refractivity contribution < 1.29 is 18.4 Å². The molecule has 0 saturated heterocycles. The number of hydrogen-bond acceptors (Lipinski definition) is 3. The van der Waals surface area contributed by atoms with Gasteiger partial charge in [0.2, 0.25) is 0 Å². The second-order valence-electron chi connectivity index (χ2n) is 2.67. The van der Waals surface area contributed by atoms with Crippen LogP contribution >= 0.6 is 0 Å². The van der Waals surface area contributed by atoms with Crippen molar-refractivity contribution in [2.45, 2.75) is 13.1 Å². The Morgan fingerprint density at radius 1 is 1.62 bits per heavy atom. The summed E-state index contributed by atoms with van der Waals surface area (Å²) in [5, 5.41) is 13.0. The van der Waals surface area contributed by atoms with Gasteiger partial charge in [0.15, 0.2) is 0 Å². The minimum Gasteiger partial charge on any atom is -0.409 e. The fourth-order valence-electron chi connectivity index (χ4n) is 0.634. The van der Waals surface area contributed by atoms with E-state index < -0.39 is 18.6 Å². The first-order valence-corrected chi connectivity index (χ1v) is 3.61. The van der Waals surface area contributed by atoms with Crippen LogP contribution in [0.5, 0.6) is 0 Å². The van der Waals surface area contributed by atoms with Gasteiger partial charge in [-0.25, -0.2) is 0 Å². The van der Waals surface area contributed by atoms with Gasteiger partial charge in [0.05, 0.1) is 6.54 Å². The van der Waals surface area contributed by atoms with Crippen molar-refractivity contribution in [3.8, 4) is 0 Å². The molecule has 0 bridgehead atoms. The molecule has 1 atom stereocenters. The van der Waals surface area contributed by atoms with Gasteiger partial charge in [-0.3, -0.25) is 0 Å². The van der Waals surface area contributed by atoms with E-state index >= 15 is 0 Å². The molecule has 78 valence electrons. The van der Waals surface area contributed by atoms with Gasteiger partial charge in [-0.2, -0.15) is 13.2 Å². The highest BCUT2D eigenvalue weighted by atomic mass is 19.4. The monoisotopic (exact) mass is 199 g/mol. The molecule has 1 unspecified atom stereocenters. The molecule has 0 saturated carbocycles. The van der Waals surface area contributed by atoms with Crippen LogP contribution in [0, 0.1) is 5.92 Å². The van der Waals surface area contributed by atoms with E-state index in [1.54, 1.807) is 6.92 Å². The number of halogens is 3. The van der Waals surface area contributed by atoms with Gasteiger partial charge >= 0.3 is 6.18 Å². The lowest BCUT2D eigenvalue weighted by molar-refractivity contribution is -0.124. The second-order valence-corrected chi connectivity index (χ2v) is 2.67. The summed E-state index contributed by atoms with van der Waals surface area (Å²) in [7, 11) is 0. The Labute approximate surface area is 73.6 Å². The maximum absolute atomic E-state index is 11.6. The molecule has 0 spiro atoms. The van der Waals surface area contributed by atoms with Gasteiger partial charge in [-0.1, -0.05) is 12.1 Å². The van der Waals surface area contributed by atoms with E-state index in [1.165, 1.54) is 0 Å². The molecule has 0 aromatic carbocycles. The zero-order chi connectivity index (χ0) is 10.5. The fraction of sp³-hybridized carbons (Fsp3) is 0.833. The van der Waals surface area contributed by atoms with Crippen LogP contribution in [0.25, 0.3) is 0 Å². The largest absolute Gasteiger partial charge is 0.409 e. The Balaban J connectivity index is 3.66. The van der Waals surface area contributed by atoms with Crippen molar-refractivity contribution in [1.29, 1.82) is 0 Å². The van der Waals surface area contributed by atoms with E-state index in [2.05, 4.69) is 10.5 Å². The molecule has 0 radical (unpaired) electrons. The van der Waals surface area contributed by atoms with Gasteiger partial charge in [0.1, 0.15) is 5.84 Å². The van der Waals surface area contributed by atoms with Crippen LogP contribution < -0.4 is 11.1 Å². The van der Waals surface area contributed by atoms with E-state index in [1.807, 2.05) is 0 Å². The average molecular weight is 199 g/mol. The molecule has 0 aliphatic heterocycles. The number of nitrogens with one attached hydrogen (secondary N) is 1. The van der Waals surface area contributed by atoms with E-state index in [0.717, 1.165) is 0 Å². The third-order valence-corrected chi connectivity index (χ3v) is 1.40. The molecule has 0 amide bonds. The Kier molecular flexibility index (Phi) is 4.53. The summed E-state index contributed by atoms with van der Waals surface area (Å²) < 4.78 is 34.8. The molecule has 0 rings (SSSR count). The first-order valence-electron chi connectivity index (χ1n) is 3.61. The number of amidine groups is 1. The Hall–Kier alpha value is -0.980. The number of oxime groups is 1. The van der Waals surface area contributed by atoms with Crippen LogP contribution in [0.1, 0.15) is 6.92 Å². The summed E-state index contributed by atoms with van der Waals surface area (Å²) >= 11 is 0. The van der Waals surface area contributed by atoms with Crippen molar-refractivity contribution in [1.82, 2.24) is 5.32 Å². The lowest BCUT2D eigenvalue weighted by atomic mass is 10.1. The normalized spacial score (nSPS) is 15.8. The summed E-state index contributed by atoms with van der Waals surface area (Å²) in [6.07, 6.45) is -4.23. The second kappa shape index (κ2) is 4.90. The number of alkyl halides is 3. The predicted octanol–water partition coefficient (Wildman–Crippen LogP) is 0.521. The van der Waals surface area contributed by atoms with Crippen molar-refractivity contribution in [2.75, 3.05) is 13.1 Å². The van der Waals surface area contributed by atoms with E-state index in [9.17, 15) is 13.2 Å². The maximum Gasteiger partial charge on any atom is 0.401 e. The van der Waals surface area contributed by atoms with Gasteiger partial charge in [0, 0.05) is 12.5 Å². The number of rotatable bonds is 4. The summed E-state index contributed by atoms with van der Waals surface area (Å²) in [6, 6.07) is 0. The van der Waals surface area contributed by atoms with Crippen molar-refractivity contribution in [3.63, 3.8) is 0 Å². The number of nitrogens with two attached hydrogens (primary N) is 1. The number of nitrogens with zero attached hydrogens (tertiary/aromatic N) is 1. The van der Waals surface area contributed by atoms with Crippen molar-refractivity contribution in [2.24, 2.45) is 16.8 Å². The highest BCUT2D eigenvalue weighted by molar-refractivity contribution is 5.82. The Bertz CT molecular complexity index is 180. The molecule has 0 heterocycles. The van der Waals surface area contributed by atoms with Gasteiger partial charge < -0.3 is 16.3 Å². The maximum atomic E-state index is 11.6. The average Bonchev–Trinajstić information content (AvgIpc) is 2.00. The minimum absolute atomic E-state index is 0.0232. The number of hydrogen-bond donors (Lipinski definition) is 3. The minimum atomic E-state index is -4.23. The molecule has 7 heteroatoms. The van der Waals surface area contributed by atoms with Gasteiger partial charge in [-0.05, 0) is 0 Å². The highest BCUT2D eigenvalue weighted by Gasteiger charge is 2.26. The van der Waals surface area contributed by atoms with Crippen molar-refractivity contribution >= 4 is 5.84 Å². The van der Waals surface area contributed by atoms with E-state index in [0.29, 0.717) is 0 Å². The van der Waals surface area contributed by atoms with Crippen LogP contribution in [0.4, 0.5) is 13.2 Å². The van der Waals surface area contributed by atoms with Crippen LogP contribution in [0.2, 0.25) is 0 Å². The fourth-order valence-corrected chi connectivity index (χ4v) is 0.634. The van der Waals surface area contributed by atoms with E-state index in [-0.39, 0.29) is 12.4 Å². The zero-order valence-electron chi connectivity index (χ0n) is 7.10. The molecule has 0 aliphatic carbocycles. The molecule has 0 fully saturated rings. The smallest absolute Gasteiger partial charge is 0.401 e. The van der Waals surface area contributed by atoms with E-state index in [4.69, 9.17) is 10.9 Å². The Morgan fingerprint density at radius 2 is 2.15 bits per heavy atom. The standard InChI is InChI=1S/C6H12F3N3O/c1-4(5(10)12-13)2-11-3-6(7,8)9/h4,11,13H,2-3H2,1H3,(H2,10,12). The summed E-state index contributed by atoms with van der Waals surface area (Å²) in [4.78, 5) is 0. The topological polar surface area (TPSA) is 70.6 Å². The first kappa shape index (κ1) is 12.0. The molecule has 4 nitrogen and oxygen atoms in total. The first-order chi connectivity index (χ1) is 5.87. The van der Waals surface area contributed by atoms with Crippen LogP contribution in [-0.2, 0) is 0 Å². The predicted molar refractivity (Wildman–Crippen MR) is 41.5 cm³/mol. The molecule has 13 heavy (non-hydrogen) atoms. The Morgan fingerprint density at radius 3 is 2.54 bits per heavy atom. The van der Waals surface area contributed by atoms with Crippen LogP contribution in [-0.4, -0.2) is 30.3 Å². The summed E-state index contributed by atoms with van der Waals surface area (Å²) in [6.45, 7) is 0.504.